The fraction of sp³-hybridized carbons (Fsp3) is 0.250. The van der Waals surface area contributed by atoms with Gasteiger partial charge in [0.05, 0.1) is 11.5 Å². The molecule has 0 aromatic heterocycles. The van der Waals surface area contributed by atoms with E-state index in [9.17, 15) is 14.9 Å². The summed E-state index contributed by atoms with van der Waals surface area (Å²) in [7, 11) is 0. The van der Waals surface area contributed by atoms with E-state index >= 15 is 0 Å². The van der Waals surface area contributed by atoms with Gasteiger partial charge in [-0.15, -0.1) is 0 Å². The molecule has 2 N–H and O–H groups in total. The lowest BCUT2D eigenvalue weighted by Crippen LogP contribution is -2.26. The summed E-state index contributed by atoms with van der Waals surface area (Å²) >= 11 is 12.6. The number of hydrogen-bond acceptors (Lipinski definition) is 7. The van der Waals surface area contributed by atoms with Crippen LogP contribution in [-0.2, 0) is 23.8 Å². The molecule has 0 unspecified atom stereocenters. The highest BCUT2D eigenvalue weighted by atomic mass is 35.5. The number of benzene rings is 1. The fourth-order valence-corrected chi connectivity index (χ4v) is 3.31. The van der Waals surface area contributed by atoms with Gasteiger partial charge in [-0.1, -0.05) is 35.8 Å². The Labute approximate surface area is 177 Å². The molecule has 0 aliphatic carbocycles. The van der Waals surface area contributed by atoms with Crippen molar-refractivity contribution in [3.8, 4) is 6.07 Å². The molecule has 2 rings (SSSR count). The molecule has 1 heterocycles. The average molecular weight is 437 g/mol. The summed E-state index contributed by atoms with van der Waals surface area (Å²) in [6.45, 7) is 6.10. The van der Waals surface area contributed by atoms with E-state index in [2.05, 4.69) is 6.58 Å². The van der Waals surface area contributed by atoms with Gasteiger partial charge in [0.15, 0.2) is 0 Å². The van der Waals surface area contributed by atoms with E-state index in [0.29, 0.717) is 5.56 Å². The summed E-state index contributed by atoms with van der Waals surface area (Å²) in [4.78, 5) is 24.2. The maximum atomic E-state index is 12.8. The molecule has 0 bridgehead atoms. The summed E-state index contributed by atoms with van der Waals surface area (Å²) in [5.74, 6) is -2.36. The number of nitriles is 1. The minimum Gasteiger partial charge on any atom is -0.459 e. The lowest BCUT2D eigenvalue weighted by molar-refractivity contribution is -0.147. The number of esters is 2. The topological polar surface area (TPSA) is 112 Å². The Bertz CT molecular complexity index is 955. The van der Waals surface area contributed by atoms with E-state index in [1.54, 1.807) is 18.2 Å². The molecule has 1 atom stereocenters. The lowest BCUT2D eigenvalue weighted by Gasteiger charge is -2.28. The zero-order valence-corrected chi connectivity index (χ0v) is 17.3. The lowest BCUT2D eigenvalue weighted by atomic mass is 9.83. The molecule has 0 spiro atoms. The summed E-state index contributed by atoms with van der Waals surface area (Å²) in [6.07, 6.45) is 0. The van der Waals surface area contributed by atoms with Crippen LogP contribution in [0.4, 0.5) is 0 Å². The maximum absolute atomic E-state index is 12.8. The summed E-state index contributed by atoms with van der Waals surface area (Å²) < 4.78 is 15.5. The molecule has 7 nitrogen and oxygen atoms in total. The van der Waals surface area contributed by atoms with Crippen molar-refractivity contribution in [2.24, 2.45) is 5.73 Å². The first kappa shape index (κ1) is 22.3. The third-order valence-corrected chi connectivity index (χ3v) is 4.67. The van der Waals surface area contributed by atoms with Crippen molar-refractivity contribution < 1.29 is 23.8 Å². The van der Waals surface area contributed by atoms with E-state index in [0.717, 1.165) is 0 Å². The quantitative estimate of drug-likeness (QED) is 0.410. The highest BCUT2D eigenvalue weighted by Crippen LogP contribution is 2.44. The fourth-order valence-electron chi connectivity index (χ4n) is 2.69. The molecule has 1 aromatic carbocycles. The number of rotatable bonds is 6. The Balaban J connectivity index is 2.34. The van der Waals surface area contributed by atoms with E-state index in [1.165, 1.54) is 13.8 Å². The van der Waals surface area contributed by atoms with Gasteiger partial charge in [-0.2, -0.15) is 5.26 Å². The molecule has 1 aliphatic heterocycles. The molecule has 1 aliphatic rings. The molecule has 0 fully saturated rings. The molecule has 0 saturated carbocycles. The van der Waals surface area contributed by atoms with E-state index in [1.807, 2.05) is 6.07 Å². The molecule has 0 amide bonds. The van der Waals surface area contributed by atoms with E-state index < -0.39 is 17.9 Å². The summed E-state index contributed by atoms with van der Waals surface area (Å²) in [5.41, 5.74) is 6.41. The van der Waals surface area contributed by atoms with Gasteiger partial charge in [0, 0.05) is 21.2 Å². The van der Waals surface area contributed by atoms with Gasteiger partial charge in [0.1, 0.15) is 30.6 Å². The molecule has 9 heteroatoms. The zero-order valence-electron chi connectivity index (χ0n) is 15.8. The zero-order chi connectivity index (χ0) is 21.7. The SMILES string of the molecule is C=C(C)C(=O)OCCOC(=O)C1=C(C)OC(N)=C(C#N)[C@@H]1c1c(Cl)cccc1Cl. The third-order valence-electron chi connectivity index (χ3n) is 4.01. The number of ether oxygens (including phenoxy) is 3. The molecule has 152 valence electrons. The predicted octanol–water partition coefficient (Wildman–Crippen LogP) is 3.74. The van der Waals surface area contributed by atoms with Crippen LogP contribution in [0.1, 0.15) is 25.3 Å². The first-order chi connectivity index (χ1) is 13.7. The number of carbonyl (C=O) groups is 2. The molecule has 1 aromatic rings. The van der Waals surface area contributed by atoms with Crippen molar-refractivity contribution in [1.82, 2.24) is 0 Å². The van der Waals surface area contributed by atoms with Crippen LogP contribution in [0.3, 0.4) is 0 Å². The highest BCUT2D eigenvalue weighted by Gasteiger charge is 2.38. The number of nitrogens with zero attached hydrogens (tertiary/aromatic N) is 1. The smallest absolute Gasteiger partial charge is 0.338 e. The molecule has 29 heavy (non-hydrogen) atoms. The number of hydrogen-bond donors (Lipinski definition) is 1. The normalized spacial score (nSPS) is 16.0. The van der Waals surface area contributed by atoms with Crippen LogP contribution in [0, 0.1) is 11.3 Å². The maximum Gasteiger partial charge on any atom is 0.338 e. The van der Waals surface area contributed by atoms with E-state index in [-0.39, 0.29) is 51.6 Å². The van der Waals surface area contributed by atoms with Gasteiger partial charge in [0.2, 0.25) is 5.88 Å². The second kappa shape index (κ2) is 9.50. The first-order valence-electron chi connectivity index (χ1n) is 8.41. The molecule has 0 radical (unpaired) electrons. The van der Waals surface area contributed by atoms with Crippen LogP contribution in [0.25, 0.3) is 0 Å². The number of carbonyl (C=O) groups excluding carboxylic acids is 2. The predicted molar refractivity (Wildman–Crippen MR) is 107 cm³/mol. The number of allylic oxidation sites excluding steroid dienone is 2. The van der Waals surface area contributed by atoms with Crippen molar-refractivity contribution in [1.29, 1.82) is 5.26 Å². The Hall–Kier alpha value is -2.95. The van der Waals surface area contributed by atoms with Crippen LogP contribution < -0.4 is 5.73 Å². The van der Waals surface area contributed by atoms with E-state index in [4.69, 9.17) is 43.1 Å². The Morgan fingerprint density at radius 1 is 1.28 bits per heavy atom. The minimum atomic E-state index is -0.972. The van der Waals surface area contributed by atoms with Crippen LogP contribution in [0.5, 0.6) is 0 Å². The van der Waals surface area contributed by atoms with Crippen LogP contribution in [-0.4, -0.2) is 25.2 Å². The molecule has 0 saturated heterocycles. The Morgan fingerprint density at radius 3 is 2.41 bits per heavy atom. The van der Waals surface area contributed by atoms with Gasteiger partial charge in [-0.05, 0) is 26.0 Å². The molecular formula is C20H18Cl2N2O5. The Kier molecular flexibility index (Phi) is 7.32. The van der Waals surface area contributed by atoms with Crippen molar-refractivity contribution in [2.75, 3.05) is 13.2 Å². The van der Waals surface area contributed by atoms with Crippen molar-refractivity contribution >= 4 is 35.1 Å². The van der Waals surface area contributed by atoms with Gasteiger partial charge < -0.3 is 19.9 Å². The minimum absolute atomic E-state index is 0.0220. The largest absolute Gasteiger partial charge is 0.459 e. The van der Waals surface area contributed by atoms with Gasteiger partial charge in [0.25, 0.3) is 0 Å². The Morgan fingerprint density at radius 2 is 1.86 bits per heavy atom. The van der Waals surface area contributed by atoms with Crippen molar-refractivity contribution in [2.45, 2.75) is 19.8 Å². The van der Waals surface area contributed by atoms with Crippen molar-refractivity contribution in [3.63, 3.8) is 0 Å². The summed E-state index contributed by atoms with van der Waals surface area (Å²) in [6, 6.07) is 6.75. The monoisotopic (exact) mass is 436 g/mol. The average Bonchev–Trinajstić information content (AvgIpc) is 2.64. The number of nitrogens with two attached hydrogens (primary N) is 1. The second-order valence-corrected chi connectivity index (χ2v) is 6.90. The third kappa shape index (κ3) is 4.91. The highest BCUT2D eigenvalue weighted by molar-refractivity contribution is 6.36. The second-order valence-electron chi connectivity index (χ2n) is 6.08. The summed E-state index contributed by atoms with van der Waals surface area (Å²) in [5, 5.41) is 10.1. The van der Waals surface area contributed by atoms with Gasteiger partial charge in [-0.3, -0.25) is 0 Å². The number of halogens is 2. The van der Waals surface area contributed by atoms with Gasteiger partial charge in [-0.25, -0.2) is 9.59 Å². The first-order valence-corrected chi connectivity index (χ1v) is 9.16. The molecular weight excluding hydrogens is 419 g/mol. The van der Waals surface area contributed by atoms with Crippen LogP contribution >= 0.6 is 23.2 Å². The van der Waals surface area contributed by atoms with Gasteiger partial charge >= 0.3 is 11.9 Å². The van der Waals surface area contributed by atoms with Crippen LogP contribution in [0.15, 0.2) is 53.1 Å². The van der Waals surface area contributed by atoms with Crippen LogP contribution in [0.2, 0.25) is 10.0 Å². The van der Waals surface area contributed by atoms with Crippen molar-refractivity contribution in [3.05, 3.63) is 68.7 Å². The standard InChI is InChI=1S/C20H18Cl2N2O5/c1-10(2)19(25)27-7-8-28-20(26)15-11(3)29-18(24)12(9-23)16(15)17-13(21)5-4-6-14(17)22/h4-6,16H,1,7-8,24H2,2-3H3/t16-/m0/s1.